The van der Waals surface area contributed by atoms with Crippen molar-refractivity contribution in [2.75, 3.05) is 12.4 Å². The topological polar surface area (TPSA) is 66.4 Å². The third kappa shape index (κ3) is 2.81. The van der Waals surface area contributed by atoms with Gasteiger partial charge in [0.15, 0.2) is 0 Å². The van der Waals surface area contributed by atoms with Gasteiger partial charge in [-0.3, -0.25) is 0 Å². The van der Waals surface area contributed by atoms with Gasteiger partial charge < -0.3 is 5.11 Å². The Balaban J connectivity index is 1.93. The van der Waals surface area contributed by atoms with Crippen LogP contribution >= 0.6 is 0 Å². The molecule has 88 valence electrons. The van der Waals surface area contributed by atoms with Gasteiger partial charge in [0.25, 0.3) is 0 Å². The summed E-state index contributed by atoms with van der Waals surface area (Å²) in [6.07, 6.45) is 0.842. The minimum Gasteiger partial charge on any atom is -0.395 e. The van der Waals surface area contributed by atoms with Crippen LogP contribution in [0, 0.1) is 0 Å². The van der Waals surface area contributed by atoms with Crippen molar-refractivity contribution in [1.29, 1.82) is 0 Å². The molecule has 1 fully saturated rings. The molecule has 4 nitrogen and oxygen atoms in total. The number of hydrogen-bond acceptors (Lipinski definition) is 3. The molecule has 0 aliphatic heterocycles. The summed E-state index contributed by atoms with van der Waals surface area (Å²) in [5, 5.41) is 8.60. The van der Waals surface area contributed by atoms with Crippen LogP contribution in [0.4, 0.5) is 0 Å². The monoisotopic (exact) mass is 241 g/mol. The summed E-state index contributed by atoms with van der Waals surface area (Å²) in [6.45, 7) is -0.335. The maximum atomic E-state index is 11.4. The predicted molar refractivity (Wildman–Crippen MR) is 61.6 cm³/mol. The van der Waals surface area contributed by atoms with Gasteiger partial charge in [-0.05, 0) is 12.0 Å². The van der Waals surface area contributed by atoms with E-state index in [1.54, 1.807) is 0 Å². The van der Waals surface area contributed by atoms with Crippen molar-refractivity contribution in [3.8, 4) is 0 Å². The summed E-state index contributed by atoms with van der Waals surface area (Å²) < 4.78 is 25.4. The van der Waals surface area contributed by atoms with Crippen LogP contribution in [-0.4, -0.2) is 31.9 Å². The normalized spacial score (nSPS) is 24.3. The molecule has 5 heteroatoms. The van der Waals surface area contributed by atoms with E-state index in [-0.39, 0.29) is 24.3 Å². The molecular weight excluding hydrogens is 226 g/mol. The fourth-order valence-corrected chi connectivity index (χ4v) is 2.88. The smallest absolute Gasteiger partial charge is 0.214 e. The third-order valence-corrected chi connectivity index (χ3v) is 4.09. The van der Waals surface area contributed by atoms with Gasteiger partial charge in [-0.15, -0.1) is 0 Å². The molecule has 1 aromatic rings. The fraction of sp³-hybridized carbons (Fsp3) is 0.455. The highest BCUT2D eigenvalue weighted by molar-refractivity contribution is 7.89. The van der Waals surface area contributed by atoms with Crippen LogP contribution in [0.5, 0.6) is 0 Å². The Bertz CT molecular complexity index is 444. The zero-order chi connectivity index (χ0) is 11.6. The minimum atomic E-state index is -3.31. The molecule has 0 spiro atoms. The summed E-state index contributed by atoms with van der Waals surface area (Å²) >= 11 is 0. The Hall–Kier alpha value is -0.910. The van der Waals surface area contributed by atoms with Crippen LogP contribution in [0.3, 0.4) is 0 Å². The van der Waals surface area contributed by atoms with E-state index in [1.807, 2.05) is 30.3 Å². The molecule has 2 N–H and O–H groups in total. The molecule has 16 heavy (non-hydrogen) atoms. The molecule has 0 radical (unpaired) electrons. The highest BCUT2D eigenvalue weighted by Gasteiger charge is 2.40. The largest absolute Gasteiger partial charge is 0.395 e. The number of hydrogen-bond donors (Lipinski definition) is 2. The third-order valence-electron chi connectivity index (χ3n) is 2.71. The van der Waals surface area contributed by atoms with Crippen LogP contribution in [0.15, 0.2) is 30.3 Å². The summed E-state index contributed by atoms with van der Waals surface area (Å²) in [5.41, 5.74) is 1.17. The zero-order valence-corrected chi connectivity index (χ0v) is 9.65. The Kier molecular flexibility index (Phi) is 3.28. The van der Waals surface area contributed by atoms with Gasteiger partial charge in [-0.25, -0.2) is 13.1 Å². The number of aliphatic hydroxyl groups is 1. The molecular formula is C11H15NO3S. The molecule has 2 rings (SSSR count). The van der Waals surface area contributed by atoms with Crippen molar-refractivity contribution in [2.45, 2.75) is 18.4 Å². The van der Waals surface area contributed by atoms with Crippen molar-refractivity contribution >= 4 is 10.0 Å². The molecule has 1 aliphatic carbocycles. The van der Waals surface area contributed by atoms with E-state index in [2.05, 4.69) is 4.72 Å². The lowest BCUT2D eigenvalue weighted by atomic mass is 10.1. The van der Waals surface area contributed by atoms with Crippen LogP contribution in [0.1, 0.15) is 17.9 Å². The van der Waals surface area contributed by atoms with Crippen LogP contribution in [0.2, 0.25) is 0 Å². The highest BCUT2D eigenvalue weighted by Crippen LogP contribution is 2.40. The van der Waals surface area contributed by atoms with Gasteiger partial charge in [0, 0.05) is 12.0 Å². The van der Waals surface area contributed by atoms with Gasteiger partial charge in [0.1, 0.15) is 0 Å². The van der Waals surface area contributed by atoms with E-state index in [0.717, 1.165) is 6.42 Å². The van der Waals surface area contributed by atoms with Crippen molar-refractivity contribution < 1.29 is 13.5 Å². The molecule has 0 bridgehead atoms. The van der Waals surface area contributed by atoms with E-state index in [1.165, 1.54) is 5.56 Å². The van der Waals surface area contributed by atoms with E-state index in [0.29, 0.717) is 0 Å². The Morgan fingerprint density at radius 3 is 2.62 bits per heavy atom. The van der Waals surface area contributed by atoms with Gasteiger partial charge in [-0.2, -0.15) is 0 Å². The summed E-state index contributed by atoms with van der Waals surface area (Å²) in [5.74, 6) is 0.0695. The van der Waals surface area contributed by atoms with Crippen molar-refractivity contribution in [1.82, 2.24) is 4.72 Å². The number of sulfonamides is 1. The second kappa shape index (κ2) is 4.53. The molecule has 2 unspecified atom stereocenters. The summed E-state index contributed by atoms with van der Waals surface area (Å²) in [6, 6.07) is 9.85. The first-order valence-electron chi connectivity index (χ1n) is 5.28. The van der Waals surface area contributed by atoms with E-state index in [4.69, 9.17) is 5.11 Å². The lowest BCUT2D eigenvalue weighted by molar-refractivity contribution is 0.319. The first-order chi connectivity index (χ1) is 7.62. The van der Waals surface area contributed by atoms with E-state index >= 15 is 0 Å². The molecule has 0 heterocycles. The lowest BCUT2D eigenvalue weighted by Gasteiger charge is -2.04. The average Bonchev–Trinajstić information content (AvgIpc) is 2.97. The van der Waals surface area contributed by atoms with Gasteiger partial charge in [-0.1, -0.05) is 30.3 Å². The SMILES string of the molecule is O=S(=O)(CCO)NC1CC1c1ccccc1. The summed E-state index contributed by atoms with van der Waals surface area (Å²) in [4.78, 5) is 0. The first kappa shape index (κ1) is 11.6. The van der Waals surface area contributed by atoms with Gasteiger partial charge in [0.05, 0.1) is 12.4 Å². The maximum Gasteiger partial charge on any atom is 0.214 e. The van der Waals surface area contributed by atoms with Crippen molar-refractivity contribution in [3.05, 3.63) is 35.9 Å². The minimum absolute atomic E-state index is 0.000972. The number of rotatable bonds is 5. The molecule has 1 aromatic carbocycles. The lowest BCUT2D eigenvalue weighted by Crippen LogP contribution is -2.30. The number of aliphatic hydroxyl groups excluding tert-OH is 1. The Morgan fingerprint density at radius 2 is 2.00 bits per heavy atom. The standard InChI is InChI=1S/C11H15NO3S/c13-6-7-16(14,15)12-11-8-10(11)9-4-2-1-3-5-9/h1-5,10-13H,6-8H2. The highest BCUT2D eigenvalue weighted by atomic mass is 32.2. The first-order valence-corrected chi connectivity index (χ1v) is 6.93. The van der Waals surface area contributed by atoms with Crippen LogP contribution < -0.4 is 4.72 Å². The number of nitrogens with one attached hydrogen (secondary N) is 1. The maximum absolute atomic E-state index is 11.4. The zero-order valence-electron chi connectivity index (χ0n) is 8.83. The second-order valence-corrected chi connectivity index (χ2v) is 5.89. The Morgan fingerprint density at radius 1 is 1.31 bits per heavy atom. The van der Waals surface area contributed by atoms with E-state index < -0.39 is 10.0 Å². The quantitative estimate of drug-likeness (QED) is 0.786. The van der Waals surface area contributed by atoms with Crippen LogP contribution in [-0.2, 0) is 10.0 Å². The summed E-state index contributed by atoms with van der Waals surface area (Å²) in [7, 11) is -3.31. The molecule has 1 saturated carbocycles. The van der Waals surface area contributed by atoms with Gasteiger partial charge >= 0.3 is 0 Å². The van der Waals surface area contributed by atoms with Crippen molar-refractivity contribution in [2.24, 2.45) is 0 Å². The Labute approximate surface area is 95.4 Å². The number of benzene rings is 1. The molecule has 0 amide bonds. The van der Waals surface area contributed by atoms with Crippen molar-refractivity contribution in [3.63, 3.8) is 0 Å². The van der Waals surface area contributed by atoms with E-state index in [9.17, 15) is 8.42 Å². The predicted octanol–water partition coefficient (Wildman–Crippen LogP) is 0.454. The molecule has 0 saturated heterocycles. The van der Waals surface area contributed by atoms with Gasteiger partial charge in [0.2, 0.25) is 10.0 Å². The second-order valence-electron chi connectivity index (χ2n) is 4.02. The van der Waals surface area contributed by atoms with Crippen LogP contribution in [0.25, 0.3) is 0 Å². The molecule has 1 aliphatic rings. The fourth-order valence-electron chi connectivity index (χ4n) is 1.80. The molecule has 0 aromatic heterocycles. The average molecular weight is 241 g/mol. The molecule has 2 atom stereocenters.